The number of furan rings is 1. The van der Waals surface area contributed by atoms with E-state index in [4.69, 9.17) is 4.42 Å². The van der Waals surface area contributed by atoms with Crippen LogP contribution in [-0.4, -0.2) is 32.8 Å². The van der Waals surface area contributed by atoms with Gasteiger partial charge in [0.15, 0.2) is 0 Å². The molecule has 7 heteroatoms. The van der Waals surface area contributed by atoms with Crippen LogP contribution in [0.25, 0.3) is 0 Å². The van der Waals surface area contributed by atoms with Crippen LogP contribution in [-0.2, 0) is 22.7 Å². The second-order valence-corrected chi connectivity index (χ2v) is 5.98. The summed E-state index contributed by atoms with van der Waals surface area (Å²) in [5, 5.41) is 2.87. The van der Waals surface area contributed by atoms with Crippen molar-refractivity contribution in [3.63, 3.8) is 0 Å². The zero-order chi connectivity index (χ0) is 16.9. The van der Waals surface area contributed by atoms with Crippen molar-refractivity contribution in [3.8, 4) is 0 Å². The van der Waals surface area contributed by atoms with Crippen molar-refractivity contribution in [2.75, 3.05) is 6.54 Å². The lowest BCUT2D eigenvalue weighted by atomic mass is 10.1. The Morgan fingerprint density at radius 1 is 1.46 bits per heavy atom. The molecule has 0 bridgehead atoms. The van der Waals surface area contributed by atoms with Crippen LogP contribution >= 0.6 is 0 Å². The van der Waals surface area contributed by atoms with Gasteiger partial charge in [0, 0.05) is 12.6 Å². The summed E-state index contributed by atoms with van der Waals surface area (Å²) in [5.74, 6) is 0.646. The first kappa shape index (κ1) is 16.3. The number of rotatable bonds is 6. The Hall–Kier alpha value is -2.57. The average molecular weight is 330 g/mol. The highest BCUT2D eigenvalue weighted by Crippen LogP contribution is 2.22. The number of nitrogens with zero attached hydrogens (tertiary/aromatic N) is 3. The Kier molecular flexibility index (Phi) is 4.98. The van der Waals surface area contributed by atoms with Gasteiger partial charge in [0.25, 0.3) is 0 Å². The Balaban J connectivity index is 1.69. The molecule has 3 heterocycles. The van der Waals surface area contributed by atoms with Gasteiger partial charge in [-0.05, 0) is 18.6 Å². The number of carbonyl (C=O) groups is 2. The van der Waals surface area contributed by atoms with Crippen molar-refractivity contribution in [1.29, 1.82) is 0 Å². The first-order valence-electron chi connectivity index (χ1n) is 8.27. The molecule has 3 rings (SSSR count). The second kappa shape index (κ2) is 7.33. The van der Waals surface area contributed by atoms with Crippen LogP contribution in [0.15, 0.2) is 35.3 Å². The topological polar surface area (TPSA) is 80.4 Å². The summed E-state index contributed by atoms with van der Waals surface area (Å²) in [4.78, 5) is 30.8. The number of unbranched alkanes of at least 4 members (excludes halogenated alkanes) is 1. The number of aromatic nitrogens is 2. The molecular formula is C17H22N4O3. The van der Waals surface area contributed by atoms with Crippen LogP contribution in [0, 0.1) is 0 Å². The third-order valence-corrected chi connectivity index (χ3v) is 4.24. The van der Waals surface area contributed by atoms with Gasteiger partial charge in [0.2, 0.25) is 11.8 Å². The summed E-state index contributed by atoms with van der Waals surface area (Å²) in [7, 11) is 0. The Morgan fingerprint density at radius 2 is 2.33 bits per heavy atom. The fourth-order valence-electron chi connectivity index (χ4n) is 2.88. The smallest absolute Gasteiger partial charge is 0.245 e. The van der Waals surface area contributed by atoms with Crippen LogP contribution in [0.4, 0.5) is 0 Å². The first-order valence-corrected chi connectivity index (χ1v) is 8.27. The van der Waals surface area contributed by atoms with E-state index in [1.807, 2.05) is 10.6 Å². The molecule has 2 aromatic heterocycles. The van der Waals surface area contributed by atoms with E-state index in [0.717, 1.165) is 18.5 Å². The van der Waals surface area contributed by atoms with E-state index in [9.17, 15) is 9.59 Å². The molecular weight excluding hydrogens is 308 g/mol. The second-order valence-electron chi connectivity index (χ2n) is 5.98. The third kappa shape index (κ3) is 3.50. The van der Waals surface area contributed by atoms with Gasteiger partial charge in [-0.25, -0.2) is 4.98 Å². The number of carbonyl (C=O) groups excluding carboxylic acids is 2. The van der Waals surface area contributed by atoms with E-state index < -0.39 is 6.04 Å². The van der Waals surface area contributed by atoms with E-state index in [0.29, 0.717) is 31.8 Å². The minimum absolute atomic E-state index is 0.0909. The van der Waals surface area contributed by atoms with Crippen LogP contribution in [0.1, 0.15) is 43.7 Å². The molecule has 24 heavy (non-hydrogen) atoms. The molecule has 0 saturated heterocycles. The predicted molar refractivity (Wildman–Crippen MR) is 86.8 cm³/mol. The maximum absolute atomic E-state index is 12.6. The van der Waals surface area contributed by atoms with E-state index in [1.165, 1.54) is 0 Å². The van der Waals surface area contributed by atoms with Crippen molar-refractivity contribution in [2.24, 2.45) is 0 Å². The van der Waals surface area contributed by atoms with Crippen molar-refractivity contribution < 1.29 is 14.0 Å². The number of amides is 2. The molecule has 0 aliphatic carbocycles. The molecule has 1 N–H and O–H groups in total. The molecule has 7 nitrogen and oxygen atoms in total. The zero-order valence-corrected chi connectivity index (χ0v) is 13.8. The van der Waals surface area contributed by atoms with E-state index in [1.54, 1.807) is 29.8 Å². The monoisotopic (exact) mass is 330 g/mol. The number of imidazole rings is 1. The molecule has 0 spiro atoms. The lowest BCUT2D eigenvalue weighted by Crippen LogP contribution is -2.46. The molecule has 0 aromatic carbocycles. The minimum Gasteiger partial charge on any atom is -0.467 e. The zero-order valence-electron chi connectivity index (χ0n) is 13.8. The third-order valence-electron chi connectivity index (χ3n) is 4.24. The van der Waals surface area contributed by atoms with Gasteiger partial charge in [-0.15, -0.1) is 0 Å². The number of fused-ring (bicyclic) bond motifs is 1. The lowest BCUT2D eigenvalue weighted by molar-refractivity contribution is -0.135. The Bertz CT molecular complexity index is 693. The van der Waals surface area contributed by atoms with Crippen LogP contribution in [0.3, 0.4) is 0 Å². The van der Waals surface area contributed by atoms with Gasteiger partial charge in [-0.2, -0.15) is 0 Å². The number of hydrogen-bond donors (Lipinski definition) is 1. The molecule has 0 fully saturated rings. The summed E-state index contributed by atoms with van der Waals surface area (Å²) in [5.41, 5.74) is 0.879. The van der Waals surface area contributed by atoms with E-state index in [2.05, 4.69) is 17.2 Å². The molecule has 2 aromatic rings. The Morgan fingerprint density at radius 3 is 3.08 bits per heavy atom. The van der Waals surface area contributed by atoms with Gasteiger partial charge in [0.1, 0.15) is 11.8 Å². The van der Waals surface area contributed by atoms with Gasteiger partial charge in [-0.3, -0.25) is 9.59 Å². The van der Waals surface area contributed by atoms with E-state index >= 15 is 0 Å². The van der Waals surface area contributed by atoms with Crippen molar-refractivity contribution >= 4 is 11.8 Å². The molecule has 128 valence electrons. The summed E-state index contributed by atoms with van der Waals surface area (Å²) < 4.78 is 7.08. The van der Waals surface area contributed by atoms with E-state index in [-0.39, 0.29) is 11.8 Å². The molecule has 2 amide bonds. The molecule has 0 radical (unpaired) electrons. The quantitative estimate of drug-likeness (QED) is 0.877. The summed E-state index contributed by atoms with van der Waals surface area (Å²) in [6, 6.07) is 3.13. The van der Waals surface area contributed by atoms with Gasteiger partial charge in [0.05, 0.1) is 37.9 Å². The van der Waals surface area contributed by atoms with Crippen LogP contribution < -0.4 is 5.32 Å². The predicted octanol–water partition coefficient (Wildman–Crippen LogP) is 1.87. The lowest BCUT2D eigenvalue weighted by Gasteiger charge is -2.33. The normalized spacial score (nSPS) is 16.7. The highest BCUT2D eigenvalue weighted by Gasteiger charge is 2.32. The van der Waals surface area contributed by atoms with Crippen LogP contribution in [0.5, 0.6) is 0 Å². The minimum atomic E-state index is -0.461. The average Bonchev–Trinajstić information content (AvgIpc) is 3.27. The summed E-state index contributed by atoms with van der Waals surface area (Å²) in [6.07, 6.45) is 7.30. The standard InChI is InChI=1S/C17H22N4O3/c1-2-3-6-16(22)20-10-13-8-18-12-21(13)15(11-20)17(23)19-9-14-5-4-7-24-14/h4-5,7-8,12,15H,2-3,6,9-11H2,1H3,(H,19,23). The highest BCUT2D eigenvalue weighted by molar-refractivity contribution is 5.82. The van der Waals surface area contributed by atoms with Gasteiger partial charge >= 0.3 is 0 Å². The van der Waals surface area contributed by atoms with Crippen molar-refractivity contribution in [2.45, 2.75) is 45.3 Å². The maximum Gasteiger partial charge on any atom is 0.245 e. The SMILES string of the molecule is CCCCC(=O)N1Cc2cncn2C(C(=O)NCc2ccco2)C1. The largest absolute Gasteiger partial charge is 0.467 e. The fourth-order valence-corrected chi connectivity index (χ4v) is 2.88. The Labute approximate surface area is 140 Å². The molecule has 1 unspecified atom stereocenters. The molecule has 1 aliphatic heterocycles. The van der Waals surface area contributed by atoms with Gasteiger partial charge in [-0.1, -0.05) is 13.3 Å². The summed E-state index contributed by atoms with van der Waals surface area (Å²) in [6.45, 7) is 3.26. The molecule has 0 saturated carbocycles. The van der Waals surface area contributed by atoms with Crippen LogP contribution in [0.2, 0.25) is 0 Å². The van der Waals surface area contributed by atoms with Crippen molar-refractivity contribution in [3.05, 3.63) is 42.4 Å². The summed E-state index contributed by atoms with van der Waals surface area (Å²) >= 11 is 0. The maximum atomic E-state index is 12.6. The van der Waals surface area contributed by atoms with Gasteiger partial charge < -0.3 is 19.2 Å². The number of hydrogen-bond acceptors (Lipinski definition) is 4. The highest BCUT2D eigenvalue weighted by atomic mass is 16.3. The first-order chi connectivity index (χ1) is 11.7. The fraction of sp³-hybridized carbons (Fsp3) is 0.471. The molecule has 1 aliphatic rings. The number of nitrogens with one attached hydrogen (secondary N) is 1. The van der Waals surface area contributed by atoms with Crippen molar-refractivity contribution in [1.82, 2.24) is 19.8 Å². The molecule has 1 atom stereocenters.